The zero-order valence-corrected chi connectivity index (χ0v) is 13.6. The van der Waals surface area contributed by atoms with Crippen LogP contribution >= 0.6 is 12.2 Å². The number of aryl methyl sites for hydroxylation is 2. The molecule has 1 saturated heterocycles. The van der Waals surface area contributed by atoms with E-state index in [4.69, 9.17) is 27.7 Å². The zero-order chi connectivity index (χ0) is 15.0. The Morgan fingerprint density at radius 3 is 2.62 bits per heavy atom. The highest BCUT2D eigenvalue weighted by molar-refractivity contribution is 7.80. The SMILES string of the molecule is C[C@@H]1CN(c2nc3c(cc2C(N)=S)CCCC3)C[C@H](C)O1. The molecule has 1 aromatic heterocycles. The van der Waals surface area contributed by atoms with Crippen LogP contribution in [0.15, 0.2) is 6.07 Å². The average molecular weight is 305 g/mol. The average Bonchev–Trinajstić information content (AvgIpc) is 2.44. The maximum Gasteiger partial charge on any atom is 0.139 e. The summed E-state index contributed by atoms with van der Waals surface area (Å²) >= 11 is 5.26. The van der Waals surface area contributed by atoms with E-state index in [2.05, 4.69) is 24.8 Å². The number of hydrogen-bond acceptors (Lipinski definition) is 4. The minimum atomic E-state index is 0.200. The number of rotatable bonds is 2. The van der Waals surface area contributed by atoms with Gasteiger partial charge in [0.2, 0.25) is 0 Å². The van der Waals surface area contributed by atoms with E-state index in [9.17, 15) is 0 Å². The van der Waals surface area contributed by atoms with Crippen LogP contribution in [0.1, 0.15) is 43.5 Å². The lowest BCUT2D eigenvalue weighted by Crippen LogP contribution is -2.46. The van der Waals surface area contributed by atoms with Crippen molar-refractivity contribution in [3.8, 4) is 0 Å². The smallest absolute Gasteiger partial charge is 0.139 e. The number of ether oxygens (including phenoxy) is 1. The third-order valence-corrected chi connectivity index (χ3v) is 4.49. The molecule has 1 aliphatic carbocycles. The molecule has 0 bridgehead atoms. The Morgan fingerprint density at radius 1 is 1.29 bits per heavy atom. The van der Waals surface area contributed by atoms with Gasteiger partial charge in [0.15, 0.2) is 0 Å². The number of morpholine rings is 1. The number of pyridine rings is 1. The van der Waals surface area contributed by atoms with Crippen LogP contribution in [0, 0.1) is 0 Å². The van der Waals surface area contributed by atoms with Crippen LogP contribution in [0.5, 0.6) is 0 Å². The molecule has 3 rings (SSSR count). The van der Waals surface area contributed by atoms with Crippen LogP contribution < -0.4 is 10.6 Å². The lowest BCUT2D eigenvalue weighted by atomic mass is 9.94. The molecular formula is C16H23N3OS. The van der Waals surface area contributed by atoms with Gasteiger partial charge in [-0.3, -0.25) is 0 Å². The molecular weight excluding hydrogens is 282 g/mol. The fourth-order valence-electron chi connectivity index (χ4n) is 3.40. The van der Waals surface area contributed by atoms with Crippen LogP contribution in [-0.2, 0) is 17.6 Å². The first kappa shape index (κ1) is 14.7. The van der Waals surface area contributed by atoms with Gasteiger partial charge in [-0.2, -0.15) is 0 Å². The van der Waals surface area contributed by atoms with Gasteiger partial charge in [-0.1, -0.05) is 12.2 Å². The van der Waals surface area contributed by atoms with E-state index in [0.29, 0.717) is 4.99 Å². The monoisotopic (exact) mass is 305 g/mol. The number of fused-ring (bicyclic) bond motifs is 1. The summed E-state index contributed by atoms with van der Waals surface area (Å²) in [6.07, 6.45) is 5.01. The topological polar surface area (TPSA) is 51.4 Å². The Bertz CT molecular complexity index is 551. The molecule has 0 spiro atoms. The van der Waals surface area contributed by atoms with Crippen LogP contribution in [-0.4, -0.2) is 35.3 Å². The summed E-state index contributed by atoms with van der Waals surface area (Å²) in [6.45, 7) is 5.88. The van der Waals surface area contributed by atoms with Crippen molar-refractivity contribution in [2.45, 2.75) is 51.7 Å². The second-order valence-electron chi connectivity index (χ2n) is 6.20. The minimum Gasteiger partial charge on any atom is -0.389 e. The van der Waals surface area contributed by atoms with Crippen molar-refractivity contribution >= 4 is 23.0 Å². The molecule has 0 unspecified atom stereocenters. The van der Waals surface area contributed by atoms with Gasteiger partial charge < -0.3 is 15.4 Å². The quantitative estimate of drug-likeness (QED) is 0.849. The standard InChI is InChI=1S/C16H23N3OS/c1-10-8-19(9-11(2)20-10)16-13(15(17)21)7-12-5-3-4-6-14(12)18-16/h7,10-11H,3-6,8-9H2,1-2H3,(H2,17,21)/t10-,11+. The van der Waals surface area contributed by atoms with Gasteiger partial charge in [0.05, 0.1) is 17.8 Å². The Morgan fingerprint density at radius 2 is 1.95 bits per heavy atom. The van der Waals surface area contributed by atoms with Crippen molar-refractivity contribution in [2.75, 3.05) is 18.0 Å². The molecule has 0 radical (unpaired) electrons. The summed E-state index contributed by atoms with van der Waals surface area (Å²) in [5.41, 5.74) is 9.43. The van der Waals surface area contributed by atoms with E-state index in [1.54, 1.807) is 0 Å². The van der Waals surface area contributed by atoms with E-state index in [-0.39, 0.29) is 12.2 Å². The van der Waals surface area contributed by atoms with Crippen molar-refractivity contribution in [3.63, 3.8) is 0 Å². The maximum atomic E-state index is 5.96. The van der Waals surface area contributed by atoms with Crippen molar-refractivity contribution in [3.05, 3.63) is 22.9 Å². The molecule has 1 aliphatic heterocycles. The third kappa shape index (κ3) is 3.04. The van der Waals surface area contributed by atoms with Gasteiger partial charge in [0.1, 0.15) is 10.8 Å². The van der Waals surface area contributed by atoms with Crippen molar-refractivity contribution < 1.29 is 4.74 Å². The molecule has 4 nitrogen and oxygen atoms in total. The Labute approximate surface area is 131 Å². The predicted molar refractivity (Wildman–Crippen MR) is 89.0 cm³/mol. The summed E-state index contributed by atoms with van der Waals surface area (Å²) in [5.74, 6) is 0.949. The summed E-state index contributed by atoms with van der Waals surface area (Å²) in [4.78, 5) is 7.65. The first-order chi connectivity index (χ1) is 10.0. The molecule has 0 amide bonds. The largest absolute Gasteiger partial charge is 0.389 e. The van der Waals surface area contributed by atoms with E-state index in [1.807, 2.05) is 0 Å². The Kier molecular flexibility index (Phi) is 4.13. The van der Waals surface area contributed by atoms with Crippen molar-refractivity contribution in [1.29, 1.82) is 0 Å². The molecule has 1 fully saturated rings. The summed E-state index contributed by atoms with van der Waals surface area (Å²) < 4.78 is 5.82. The molecule has 1 aromatic rings. The second kappa shape index (κ2) is 5.89. The number of aromatic nitrogens is 1. The predicted octanol–water partition coefficient (Wildman–Crippen LogP) is 2.21. The first-order valence-corrected chi connectivity index (χ1v) is 8.18. The van der Waals surface area contributed by atoms with E-state index in [1.165, 1.54) is 24.1 Å². The fraction of sp³-hybridized carbons (Fsp3) is 0.625. The van der Waals surface area contributed by atoms with Crippen LogP contribution in [0.25, 0.3) is 0 Å². The molecule has 2 N–H and O–H groups in total. The summed E-state index contributed by atoms with van der Waals surface area (Å²) in [6, 6.07) is 2.17. The maximum absolute atomic E-state index is 5.96. The van der Waals surface area contributed by atoms with Gasteiger partial charge in [0.25, 0.3) is 0 Å². The molecule has 0 saturated carbocycles. The van der Waals surface area contributed by atoms with E-state index in [0.717, 1.165) is 37.3 Å². The lowest BCUT2D eigenvalue weighted by molar-refractivity contribution is -0.00547. The van der Waals surface area contributed by atoms with Crippen molar-refractivity contribution in [1.82, 2.24) is 4.98 Å². The third-order valence-electron chi connectivity index (χ3n) is 4.27. The highest BCUT2D eigenvalue weighted by Crippen LogP contribution is 2.28. The van der Waals surface area contributed by atoms with E-state index >= 15 is 0 Å². The Balaban J connectivity index is 2.01. The lowest BCUT2D eigenvalue weighted by Gasteiger charge is -2.37. The fourth-order valence-corrected chi connectivity index (χ4v) is 3.55. The highest BCUT2D eigenvalue weighted by atomic mass is 32.1. The molecule has 0 aromatic carbocycles. The van der Waals surface area contributed by atoms with Crippen molar-refractivity contribution in [2.24, 2.45) is 5.73 Å². The van der Waals surface area contributed by atoms with Gasteiger partial charge in [-0.15, -0.1) is 0 Å². The Hall–Kier alpha value is -1.20. The molecule has 2 heterocycles. The zero-order valence-electron chi connectivity index (χ0n) is 12.8. The summed E-state index contributed by atoms with van der Waals surface area (Å²) in [7, 11) is 0. The van der Waals surface area contributed by atoms with E-state index < -0.39 is 0 Å². The van der Waals surface area contributed by atoms with Gasteiger partial charge in [-0.05, 0) is 51.2 Å². The van der Waals surface area contributed by atoms with Crippen LogP contribution in [0.4, 0.5) is 5.82 Å². The highest BCUT2D eigenvalue weighted by Gasteiger charge is 2.27. The van der Waals surface area contributed by atoms with Gasteiger partial charge in [-0.25, -0.2) is 4.98 Å². The number of nitrogens with zero attached hydrogens (tertiary/aromatic N) is 2. The second-order valence-corrected chi connectivity index (χ2v) is 6.64. The summed E-state index contributed by atoms with van der Waals surface area (Å²) in [5, 5.41) is 0. The van der Waals surface area contributed by atoms with Gasteiger partial charge in [0, 0.05) is 18.8 Å². The van der Waals surface area contributed by atoms with Crippen LogP contribution in [0.3, 0.4) is 0 Å². The molecule has 5 heteroatoms. The molecule has 2 aliphatic rings. The van der Waals surface area contributed by atoms with Crippen LogP contribution in [0.2, 0.25) is 0 Å². The number of anilines is 1. The van der Waals surface area contributed by atoms with Gasteiger partial charge >= 0.3 is 0 Å². The number of hydrogen-bond donors (Lipinski definition) is 1. The number of nitrogens with two attached hydrogens (primary N) is 1. The minimum absolute atomic E-state index is 0.200. The number of thiocarbonyl (C=S) groups is 1. The molecule has 21 heavy (non-hydrogen) atoms. The first-order valence-electron chi connectivity index (χ1n) is 7.77. The normalized spacial score (nSPS) is 25.5. The molecule has 2 atom stereocenters. The molecule has 114 valence electrons.